The van der Waals surface area contributed by atoms with Crippen molar-refractivity contribution in [2.24, 2.45) is 5.73 Å². The maximum atomic E-state index is 12.8. The van der Waals surface area contributed by atoms with Gasteiger partial charge in [0.05, 0.1) is 18.6 Å². The van der Waals surface area contributed by atoms with E-state index in [0.29, 0.717) is 5.56 Å². The number of halogens is 1. The van der Waals surface area contributed by atoms with Gasteiger partial charge in [-0.15, -0.1) is 0 Å². The third-order valence-electron chi connectivity index (χ3n) is 3.00. The maximum absolute atomic E-state index is 12.8. The van der Waals surface area contributed by atoms with Gasteiger partial charge in [-0.25, -0.2) is 4.39 Å². The molecule has 1 aliphatic heterocycles. The minimum atomic E-state index is -1.08. The summed E-state index contributed by atoms with van der Waals surface area (Å²) < 4.78 is 17.8. The van der Waals surface area contributed by atoms with Crippen molar-refractivity contribution in [3.8, 4) is 0 Å². The van der Waals surface area contributed by atoms with Crippen LogP contribution in [0.15, 0.2) is 24.3 Å². The summed E-state index contributed by atoms with van der Waals surface area (Å²) in [4.78, 5) is 10.9. The molecule has 1 atom stereocenters. The second-order valence-electron chi connectivity index (χ2n) is 3.97. The lowest BCUT2D eigenvalue weighted by atomic mass is 9.73. The average molecular weight is 225 g/mol. The summed E-state index contributed by atoms with van der Waals surface area (Å²) in [5, 5.41) is 8.94. The summed E-state index contributed by atoms with van der Waals surface area (Å²) in [7, 11) is 0. The molecule has 0 aliphatic carbocycles. The summed E-state index contributed by atoms with van der Waals surface area (Å²) in [6, 6.07) is 4.67. The van der Waals surface area contributed by atoms with Crippen LogP contribution in [-0.4, -0.2) is 30.3 Å². The molecule has 0 amide bonds. The number of aliphatic carboxylic acids is 1. The molecule has 0 spiro atoms. The molecule has 1 unspecified atom stereocenters. The number of carboxylic acids is 1. The van der Waals surface area contributed by atoms with Crippen LogP contribution < -0.4 is 5.73 Å². The zero-order chi connectivity index (χ0) is 11.8. The molecule has 86 valence electrons. The van der Waals surface area contributed by atoms with Crippen LogP contribution >= 0.6 is 0 Å². The third-order valence-corrected chi connectivity index (χ3v) is 3.00. The number of nitrogens with two attached hydrogens (primary N) is 1. The Morgan fingerprint density at radius 1 is 1.44 bits per heavy atom. The van der Waals surface area contributed by atoms with Crippen LogP contribution in [0.3, 0.4) is 0 Å². The molecule has 1 fully saturated rings. The van der Waals surface area contributed by atoms with Crippen LogP contribution in [0.25, 0.3) is 0 Å². The molecule has 1 heterocycles. The molecule has 3 N–H and O–H groups in total. The number of hydrogen-bond donors (Lipinski definition) is 2. The monoisotopic (exact) mass is 225 g/mol. The Hall–Kier alpha value is -1.46. The van der Waals surface area contributed by atoms with E-state index in [9.17, 15) is 9.18 Å². The largest absolute Gasteiger partial charge is 0.480 e. The van der Waals surface area contributed by atoms with Crippen LogP contribution in [0.1, 0.15) is 5.56 Å². The lowest BCUT2D eigenvalue weighted by Gasteiger charge is -2.44. The van der Waals surface area contributed by atoms with Crippen LogP contribution in [0.4, 0.5) is 4.39 Å². The lowest BCUT2D eigenvalue weighted by molar-refractivity contribution is -0.148. The van der Waals surface area contributed by atoms with E-state index >= 15 is 0 Å². The minimum absolute atomic E-state index is 0.256. The fourth-order valence-electron chi connectivity index (χ4n) is 1.87. The number of rotatable bonds is 3. The van der Waals surface area contributed by atoms with Crippen molar-refractivity contribution in [2.75, 3.05) is 13.2 Å². The van der Waals surface area contributed by atoms with Gasteiger partial charge in [0.25, 0.3) is 0 Å². The minimum Gasteiger partial charge on any atom is -0.480 e. The summed E-state index contributed by atoms with van der Waals surface area (Å²) >= 11 is 0. The Balaban J connectivity index is 2.34. The molecule has 1 aromatic carbocycles. The molecule has 1 saturated heterocycles. The summed E-state index contributed by atoms with van der Waals surface area (Å²) in [6.45, 7) is 0.512. The molecular weight excluding hydrogens is 213 g/mol. The predicted octanol–water partition coefficient (Wildman–Crippen LogP) is 0.506. The standard InChI is InChI=1S/C11H12FNO3/c12-8-3-1-7(2-4-8)11(5-16-6-11)9(13)10(14)15/h1-4,9H,5-6,13H2,(H,14,15). The molecule has 5 heteroatoms. The smallest absolute Gasteiger partial charge is 0.321 e. The van der Waals surface area contributed by atoms with Gasteiger partial charge in [-0.1, -0.05) is 12.1 Å². The lowest BCUT2D eigenvalue weighted by Crippen LogP contribution is -2.61. The highest BCUT2D eigenvalue weighted by Gasteiger charge is 2.48. The molecule has 0 bridgehead atoms. The van der Waals surface area contributed by atoms with Gasteiger partial charge in [-0.3, -0.25) is 4.79 Å². The van der Waals surface area contributed by atoms with E-state index in [4.69, 9.17) is 15.6 Å². The number of ether oxygens (including phenoxy) is 1. The fourth-order valence-corrected chi connectivity index (χ4v) is 1.87. The van der Waals surface area contributed by atoms with Crippen molar-refractivity contribution in [3.63, 3.8) is 0 Å². The first-order valence-corrected chi connectivity index (χ1v) is 4.88. The fraction of sp³-hybridized carbons (Fsp3) is 0.364. The molecule has 2 rings (SSSR count). The zero-order valence-electron chi connectivity index (χ0n) is 8.52. The number of benzene rings is 1. The highest BCUT2D eigenvalue weighted by molar-refractivity contribution is 5.76. The van der Waals surface area contributed by atoms with Gasteiger partial charge in [0.2, 0.25) is 0 Å². The summed E-state index contributed by atoms with van der Waals surface area (Å²) in [6.07, 6.45) is 0. The molecule has 4 nitrogen and oxygen atoms in total. The van der Waals surface area contributed by atoms with Gasteiger partial charge in [0.15, 0.2) is 0 Å². The van der Waals surface area contributed by atoms with Gasteiger partial charge in [0, 0.05) is 0 Å². The van der Waals surface area contributed by atoms with E-state index in [0.717, 1.165) is 0 Å². The first kappa shape index (κ1) is 11.0. The molecular formula is C11H12FNO3. The topological polar surface area (TPSA) is 72.6 Å². The first-order chi connectivity index (χ1) is 7.56. The van der Waals surface area contributed by atoms with Crippen molar-refractivity contribution in [3.05, 3.63) is 35.6 Å². The van der Waals surface area contributed by atoms with Crippen molar-refractivity contribution in [2.45, 2.75) is 11.5 Å². The van der Waals surface area contributed by atoms with Crippen molar-refractivity contribution in [1.29, 1.82) is 0 Å². The molecule has 1 aliphatic rings. The second-order valence-corrected chi connectivity index (χ2v) is 3.97. The van der Waals surface area contributed by atoms with Crippen LogP contribution in [0.5, 0.6) is 0 Å². The normalized spacial score (nSPS) is 19.9. The van der Waals surface area contributed by atoms with Gasteiger partial charge < -0.3 is 15.6 Å². The van der Waals surface area contributed by atoms with Crippen LogP contribution in [0, 0.1) is 5.82 Å². The maximum Gasteiger partial charge on any atom is 0.321 e. The van der Waals surface area contributed by atoms with Gasteiger partial charge in [0.1, 0.15) is 11.9 Å². The van der Waals surface area contributed by atoms with E-state index in [1.165, 1.54) is 12.1 Å². The summed E-state index contributed by atoms with van der Waals surface area (Å²) in [5.74, 6) is -1.43. The Morgan fingerprint density at radius 3 is 2.38 bits per heavy atom. The Kier molecular flexibility index (Phi) is 2.65. The first-order valence-electron chi connectivity index (χ1n) is 4.88. The van der Waals surface area contributed by atoms with E-state index in [2.05, 4.69) is 0 Å². The van der Waals surface area contributed by atoms with Gasteiger partial charge >= 0.3 is 5.97 Å². The Morgan fingerprint density at radius 2 is 2.00 bits per heavy atom. The number of carboxylic acid groups (broad SMARTS) is 1. The van der Waals surface area contributed by atoms with Crippen molar-refractivity contribution in [1.82, 2.24) is 0 Å². The molecule has 0 saturated carbocycles. The van der Waals surface area contributed by atoms with E-state index < -0.39 is 17.4 Å². The Labute approximate surface area is 91.8 Å². The number of carbonyl (C=O) groups is 1. The second kappa shape index (κ2) is 3.84. The highest BCUT2D eigenvalue weighted by Crippen LogP contribution is 2.35. The van der Waals surface area contributed by atoms with Crippen molar-refractivity contribution < 1.29 is 19.0 Å². The van der Waals surface area contributed by atoms with Crippen LogP contribution in [-0.2, 0) is 14.9 Å². The molecule has 1 aromatic rings. The zero-order valence-corrected chi connectivity index (χ0v) is 8.52. The third kappa shape index (κ3) is 1.58. The Bertz CT molecular complexity index is 400. The van der Waals surface area contributed by atoms with E-state index in [1.807, 2.05) is 0 Å². The number of hydrogen-bond acceptors (Lipinski definition) is 3. The molecule has 16 heavy (non-hydrogen) atoms. The molecule has 0 radical (unpaired) electrons. The van der Waals surface area contributed by atoms with E-state index in [-0.39, 0.29) is 19.0 Å². The van der Waals surface area contributed by atoms with Crippen molar-refractivity contribution >= 4 is 5.97 Å². The van der Waals surface area contributed by atoms with Gasteiger partial charge in [-0.05, 0) is 17.7 Å². The predicted molar refractivity (Wildman–Crippen MR) is 54.5 cm³/mol. The quantitative estimate of drug-likeness (QED) is 0.786. The highest BCUT2D eigenvalue weighted by atomic mass is 19.1. The van der Waals surface area contributed by atoms with E-state index in [1.54, 1.807) is 12.1 Å². The average Bonchev–Trinajstić information content (AvgIpc) is 2.19. The van der Waals surface area contributed by atoms with Crippen LogP contribution in [0.2, 0.25) is 0 Å². The SMILES string of the molecule is NC(C(=O)O)C1(c2ccc(F)cc2)COC1. The van der Waals surface area contributed by atoms with Gasteiger partial charge in [-0.2, -0.15) is 0 Å². The molecule has 0 aromatic heterocycles. The summed E-state index contributed by atoms with van der Waals surface area (Å²) in [5.41, 5.74) is 5.63.